The number of nitrogens with one attached hydrogen (secondary N) is 1. The first kappa shape index (κ1) is 6.36. The highest BCUT2D eigenvalue weighted by Gasteiger charge is 1.86. The van der Waals surface area contributed by atoms with Gasteiger partial charge in [0.15, 0.2) is 0 Å². The number of carboxylic acid groups (broad SMARTS) is 1. The Labute approximate surface area is 56.9 Å². The molecule has 0 bridgehead atoms. The van der Waals surface area contributed by atoms with Gasteiger partial charge in [-0.05, 0) is 12.0 Å². The highest BCUT2D eigenvalue weighted by Crippen LogP contribution is 1.85. The van der Waals surface area contributed by atoms with Crippen molar-refractivity contribution in [3.63, 3.8) is 0 Å². The van der Waals surface area contributed by atoms with E-state index in [9.17, 15) is 4.79 Å². The number of nitrogens with zero attached hydrogens (tertiary/aromatic N) is 1. The topological polar surface area (TPSA) is 66.0 Å². The number of hydrogen-bond acceptors (Lipinski definition) is 2. The second kappa shape index (κ2) is 2.69. The molecule has 0 aliphatic rings. The molecular weight excluding hydrogens is 132 g/mol. The molecule has 4 nitrogen and oxygen atoms in total. The molecular formula is C6H4N2O2. The molecule has 0 saturated carbocycles. The second-order valence-corrected chi connectivity index (χ2v) is 1.53. The zero-order chi connectivity index (χ0) is 7.40. The zero-order valence-corrected chi connectivity index (χ0v) is 4.96. The van der Waals surface area contributed by atoms with Gasteiger partial charge in [0.05, 0.1) is 0 Å². The number of aromatic amines is 1. The van der Waals surface area contributed by atoms with Gasteiger partial charge in [0.25, 0.3) is 0 Å². The van der Waals surface area contributed by atoms with Crippen LogP contribution in [0.25, 0.3) is 0 Å². The van der Waals surface area contributed by atoms with Gasteiger partial charge in [-0.1, -0.05) is 0 Å². The first-order chi connectivity index (χ1) is 4.79. The molecule has 0 unspecified atom stereocenters. The number of carboxylic acids is 1. The first-order valence-corrected chi connectivity index (χ1v) is 2.53. The molecule has 0 radical (unpaired) electrons. The number of aliphatic carboxylic acids is 1. The Morgan fingerprint density at radius 1 is 1.80 bits per heavy atom. The largest absolute Gasteiger partial charge is 0.472 e. The van der Waals surface area contributed by atoms with E-state index in [0.29, 0.717) is 5.69 Å². The van der Waals surface area contributed by atoms with Gasteiger partial charge < -0.3 is 5.11 Å². The predicted octanol–water partition coefficient (Wildman–Crippen LogP) is -0.154. The van der Waals surface area contributed by atoms with Crippen molar-refractivity contribution in [1.29, 1.82) is 0 Å². The lowest BCUT2D eigenvalue weighted by Crippen LogP contribution is -1.87. The first-order valence-electron chi connectivity index (χ1n) is 2.53. The Balaban J connectivity index is 2.75. The fourth-order valence-corrected chi connectivity index (χ4v) is 0.446. The predicted molar refractivity (Wildman–Crippen MR) is 33.1 cm³/mol. The summed E-state index contributed by atoms with van der Waals surface area (Å²) in [5.74, 6) is 3.16. The van der Waals surface area contributed by atoms with Crippen LogP contribution in [-0.2, 0) is 4.79 Å². The summed E-state index contributed by atoms with van der Waals surface area (Å²) in [6, 6.07) is 1.59. The maximum atomic E-state index is 9.89. The number of rotatable bonds is 0. The number of H-pyrrole nitrogens is 1. The van der Waals surface area contributed by atoms with Crippen LogP contribution in [0.2, 0.25) is 0 Å². The van der Waals surface area contributed by atoms with E-state index in [1.807, 2.05) is 5.92 Å². The highest BCUT2D eigenvalue weighted by atomic mass is 16.4. The average molecular weight is 136 g/mol. The third-order valence-corrected chi connectivity index (χ3v) is 0.805. The van der Waals surface area contributed by atoms with Crippen molar-refractivity contribution < 1.29 is 9.90 Å². The summed E-state index contributed by atoms with van der Waals surface area (Å²) in [7, 11) is 0. The van der Waals surface area contributed by atoms with E-state index in [1.165, 1.54) is 6.20 Å². The Hall–Kier alpha value is -1.76. The minimum absolute atomic E-state index is 0.502. The van der Waals surface area contributed by atoms with E-state index in [1.54, 1.807) is 6.07 Å². The third-order valence-electron chi connectivity index (χ3n) is 0.805. The van der Waals surface area contributed by atoms with E-state index in [4.69, 9.17) is 5.11 Å². The number of aromatic nitrogens is 2. The van der Waals surface area contributed by atoms with Crippen LogP contribution < -0.4 is 0 Å². The van der Waals surface area contributed by atoms with Crippen molar-refractivity contribution in [2.45, 2.75) is 0 Å². The fourth-order valence-electron chi connectivity index (χ4n) is 0.446. The van der Waals surface area contributed by atoms with Gasteiger partial charge >= 0.3 is 5.97 Å². The van der Waals surface area contributed by atoms with E-state index in [0.717, 1.165) is 0 Å². The van der Waals surface area contributed by atoms with Crippen LogP contribution in [0.4, 0.5) is 0 Å². The van der Waals surface area contributed by atoms with Crippen LogP contribution in [0.15, 0.2) is 12.3 Å². The van der Waals surface area contributed by atoms with Gasteiger partial charge in [-0.3, -0.25) is 5.10 Å². The summed E-state index contributed by atoms with van der Waals surface area (Å²) in [6.45, 7) is 0. The lowest BCUT2D eigenvalue weighted by molar-refractivity contribution is -0.130. The van der Waals surface area contributed by atoms with Crippen LogP contribution >= 0.6 is 0 Å². The van der Waals surface area contributed by atoms with E-state index in [-0.39, 0.29) is 0 Å². The number of carbonyl (C=O) groups is 1. The molecule has 1 aromatic rings. The smallest absolute Gasteiger partial charge is 0.382 e. The SMILES string of the molecule is O=C(O)C#Cc1ccn[nH]1. The second-order valence-electron chi connectivity index (χ2n) is 1.53. The van der Waals surface area contributed by atoms with Gasteiger partial charge in [-0.25, -0.2) is 4.79 Å². The van der Waals surface area contributed by atoms with E-state index >= 15 is 0 Å². The van der Waals surface area contributed by atoms with Crippen LogP contribution in [0, 0.1) is 11.8 Å². The van der Waals surface area contributed by atoms with E-state index in [2.05, 4.69) is 16.1 Å². The Morgan fingerprint density at radius 3 is 3.10 bits per heavy atom. The summed E-state index contributed by atoms with van der Waals surface area (Å²) in [4.78, 5) is 9.89. The van der Waals surface area contributed by atoms with Crippen LogP contribution in [0.1, 0.15) is 5.69 Å². The van der Waals surface area contributed by atoms with Gasteiger partial charge in [-0.2, -0.15) is 5.10 Å². The van der Waals surface area contributed by atoms with Gasteiger partial charge in [-0.15, -0.1) is 0 Å². The molecule has 0 amide bonds. The minimum Gasteiger partial charge on any atom is -0.472 e. The molecule has 0 atom stereocenters. The van der Waals surface area contributed by atoms with Gasteiger partial charge in [0.1, 0.15) is 5.69 Å². The monoisotopic (exact) mass is 136 g/mol. The summed E-state index contributed by atoms with van der Waals surface area (Å²) in [5, 5.41) is 14.2. The van der Waals surface area contributed by atoms with Crippen molar-refractivity contribution >= 4 is 5.97 Å². The third kappa shape index (κ3) is 1.63. The molecule has 0 saturated heterocycles. The van der Waals surface area contributed by atoms with Crippen LogP contribution in [0.3, 0.4) is 0 Å². The molecule has 0 spiro atoms. The standard InChI is InChI=1S/C6H4N2O2/c9-6(10)2-1-5-3-4-7-8-5/h3-4H,(H,7,8)(H,9,10). The van der Waals surface area contributed by atoms with Gasteiger partial charge in [0, 0.05) is 12.1 Å². The number of hydrogen-bond donors (Lipinski definition) is 2. The normalized spacial score (nSPS) is 8.00. The molecule has 1 aromatic heterocycles. The van der Waals surface area contributed by atoms with Crippen molar-refractivity contribution in [1.82, 2.24) is 10.2 Å². The van der Waals surface area contributed by atoms with Crippen molar-refractivity contribution in [3.05, 3.63) is 18.0 Å². The molecule has 0 fully saturated rings. The van der Waals surface area contributed by atoms with Crippen molar-refractivity contribution in [2.24, 2.45) is 0 Å². The lowest BCUT2D eigenvalue weighted by atomic mass is 10.4. The molecule has 4 heteroatoms. The molecule has 1 rings (SSSR count). The quantitative estimate of drug-likeness (QED) is 0.487. The fraction of sp³-hybridized carbons (Fsp3) is 0. The van der Waals surface area contributed by atoms with Crippen LogP contribution in [0.5, 0.6) is 0 Å². The lowest BCUT2D eigenvalue weighted by Gasteiger charge is -1.73. The summed E-state index contributed by atoms with van der Waals surface area (Å²) >= 11 is 0. The molecule has 50 valence electrons. The Morgan fingerprint density at radius 2 is 2.60 bits per heavy atom. The maximum Gasteiger partial charge on any atom is 0.382 e. The summed E-state index contributed by atoms with van der Waals surface area (Å²) in [6.07, 6.45) is 1.51. The molecule has 0 aliphatic heterocycles. The highest BCUT2D eigenvalue weighted by molar-refractivity contribution is 5.87. The van der Waals surface area contributed by atoms with Crippen LogP contribution in [-0.4, -0.2) is 21.3 Å². The molecule has 10 heavy (non-hydrogen) atoms. The zero-order valence-electron chi connectivity index (χ0n) is 4.96. The van der Waals surface area contributed by atoms with Gasteiger partial charge in [0.2, 0.25) is 0 Å². The van der Waals surface area contributed by atoms with Crippen molar-refractivity contribution in [3.8, 4) is 11.8 Å². The molecule has 2 N–H and O–H groups in total. The maximum absolute atomic E-state index is 9.89. The molecule has 1 heterocycles. The average Bonchev–Trinajstić information content (AvgIpc) is 2.34. The Kier molecular flexibility index (Phi) is 1.71. The van der Waals surface area contributed by atoms with E-state index < -0.39 is 5.97 Å². The summed E-state index contributed by atoms with van der Waals surface area (Å²) in [5.41, 5.74) is 0.502. The Bertz CT molecular complexity index is 278. The molecule has 0 aromatic carbocycles. The summed E-state index contributed by atoms with van der Waals surface area (Å²) < 4.78 is 0. The van der Waals surface area contributed by atoms with Crippen molar-refractivity contribution in [2.75, 3.05) is 0 Å². The minimum atomic E-state index is -1.14. The molecule has 0 aliphatic carbocycles.